The number of amides is 1. The fourth-order valence-electron chi connectivity index (χ4n) is 3.10. The number of carbonyl (C=O) groups is 1. The highest BCUT2D eigenvalue weighted by Gasteiger charge is 2.30. The second-order valence-corrected chi connectivity index (χ2v) is 6.64. The number of carbonyl (C=O) groups excluding carboxylic acids is 1. The minimum Gasteiger partial charge on any atom is -0.387 e. The van der Waals surface area contributed by atoms with Gasteiger partial charge in [-0.2, -0.15) is 13.2 Å². The van der Waals surface area contributed by atoms with Crippen molar-refractivity contribution in [1.82, 2.24) is 5.32 Å². The molecule has 0 radical (unpaired) electrons. The van der Waals surface area contributed by atoms with Crippen LogP contribution in [0.4, 0.5) is 13.2 Å². The lowest BCUT2D eigenvalue weighted by Crippen LogP contribution is -2.33. The summed E-state index contributed by atoms with van der Waals surface area (Å²) in [4.78, 5) is 12.9. The lowest BCUT2D eigenvalue weighted by Gasteiger charge is -2.19. The second kappa shape index (κ2) is 8.92. The summed E-state index contributed by atoms with van der Waals surface area (Å²) >= 11 is 0. The van der Waals surface area contributed by atoms with Crippen LogP contribution in [0.1, 0.15) is 34.3 Å². The predicted molar refractivity (Wildman–Crippen MR) is 104 cm³/mol. The number of alkyl halides is 3. The van der Waals surface area contributed by atoms with Gasteiger partial charge in [0.1, 0.15) is 0 Å². The molecule has 1 atom stereocenters. The summed E-state index contributed by atoms with van der Waals surface area (Å²) in [6.45, 7) is -0.111. The summed E-state index contributed by atoms with van der Waals surface area (Å²) in [6, 6.07) is 22.7. The van der Waals surface area contributed by atoms with Crippen LogP contribution in [0.25, 0.3) is 0 Å². The molecule has 3 aromatic carbocycles. The number of hydrogen-bond acceptors (Lipinski definition) is 2. The summed E-state index contributed by atoms with van der Waals surface area (Å²) < 4.78 is 38.0. The molecular weight excluding hydrogens is 379 g/mol. The molecule has 0 aliphatic heterocycles. The molecule has 0 heterocycles. The molecule has 6 heteroatoms. The number of rotatable bonds is 6. The lowest BCUT2D eigenvalue weighted by molar-refractivity contribution is -0.137. The quantitative estimate of drug-likeness (QED) is 0.632. The Kier molecular flexibility index (Phi) is 6.34. The molecule has 150 valence electrons. The average Bonchev–Trinajstić information content (AvgIpc) is 2.73. The highest BCUT2D eigenvalue weighted by molar-refractivity contribution is 5.87. The van der Waals surface area contributed by atoms with Gasteiger partial charge in [-0.15, -0.1) is 0 Å². The van der Waals surface area contributed by atoms with E-state index in [1.54, 1.807) is 0 Å². The van der Waals surface area contributed by atoms with E-state index in [4.69, 9.17) is 0 Å². The van der Waals surface area contributed by atoms with E-state index in [-0.39, 0.29) is 12.5 Å². The van der Waals surface area contributed by atoms with E-state index in [1.807, 2.05) is 60.7 Å². The van der Waals surface area contributed by atoms with Gasteiger partial charge < -0.3 is 10.4 Å². The topological polar surface area (TPSA) is 49.3 Å². The van der Waals surface area contributed by atoms with E-state index in [9.17, 15) is 23.1 Å². The molecule has 0 aliphatic carbocycles. The van der Waals surface area contributed by atoms with Gasteiger partial charge in [0.05, 0.1) is 17.6 Å². The molecule has 0 spiro atoms. The Morgan fingerprint density at radius 3 is 1.72 bits per heavy atom. The summed E-state index contributed by atoms with van der Waals surface area (Å²) in [5, 5.41) is 13.0. The largest absolute Gasteiger partial charge is 0.416 e. The van der Waals surface area contributed by atoms with E-state index in [2.05, 4.69) is 5.32 Å². The molecule has 0 aromatic heterocycles. The first-order chi connectivity index (χ1) is 13.9. The molecule has 3 aromatic rings. The van der Waals surface area contributed by atoms with Crippen LogP contribution < -0.4 is 5.32 Å². The van der Waals surface area contributed by atoms with Crippen LogP contribution in [0.3, 0.4) is 0 Å². The van der Waals surface area contributed by atoms with Crippen molar-refractivity contribution in [3.05, 3.63) is 107 Å². The maximum absolute atomic E-state index is 12.9. The Hall–Kier alpha value is -3.12. The number of nitrogens with one attached hydrogen (secondary N) is 1. The molecule has 0 saturated carbocycles. The maximum atomic E-state index is 12.9. The molecule has 0 unspecified atom stereocenters. The van der Waals surface area contributed by atoms with Crippen LogP contribution in [0.15, 0.2) is 84.9 Å². The Morgan fingerprint density at radius 1 is 0.793 bits per heavy atom. The highest BCUT2D eigenvalue weighted by Crippen LogP contribution is 2.30. The normalized spacial score (nSPS) is 12.6. The van der Waals surface area contributed by atoms with Crippen molar-refractivity contribution in [2.45, 2.75) is 18.2 Å². The van der Waals surface area contributed by atoms with Crippen molar-refractivity contribution in [1.29, 1.82) is 0 Å². The first-order valence-electron chi connectivity index (χ1n) is 9.09. The van der Waals surface area contributed by atoms with Crippen molar-refractivity contribution in [3.63, 3.8) is 0 Å². The fraction of sp³-hybridized carbons (Fsp3) is 0.174. The van der Waals surface area contributed by atoms with Gasteiger partial charge in [-0.1, -0.05) is 72.8 Å². The summed E-state index contributed by atoms with van der Waals surface area (Å²) in [6.07, 6.45) is -5.55. The highest BCUT2D eigenvalue weighted by atomic mass is 19.4. The Balaban J connectivity index is 1.72. The van der Waals surface area contributed by atoms with Crippen LogP contribution in [-0.2, 0) is 11.0 Å². The summed E-state index contributed by atoms with van der Waals surface area (Å²) in [5.74, 6) is -0.856. The van der Waals surface area contributed by atoms with E-state index >= 15 is 0 Å². The minimum atomic E-state index is -4.43. The van der Waals surface area contributed by atoms with Crippen LogP contribution in [0.2, 0.25) is 0 Å². The molecule has 29 heavy (non-hydrogen) atoms. The molecule has 3 nitrogen and oxygen atoms in total. The zero-order valence-corrected chi connectivity index (χ0v) is 15.4. The average molecular weight is 399 g/mol. The van der Waals surface area contributed by atoms with E-state index in [1.165, 1.54) is 12.1 Å². The van der Waals surface area contributed by atoms with Crippen LogP contribution >= 0.6 is 0 Å². The van der Waals surface area contributed by atoms with Gasteiger partial charge in [0.2, 0.25) is 5.91 Å². The van der Waals surface area contributed by atoms with Gasteiger partial charge in [0.25, 0.3) is 0 Å². The second-order valence-electron chi connectivity index (χ2n) is 6.64. The summed E-state index contributed by atoms with van der Waals surface area (Å²) in [5.41, 5.74) is 1.13. The number of hydrogen-bond donors (Lipinski definition) is 2. The van der Waals surface area contributed by atoms with Gasteiger partial charge in [0, 0.05) is 6.54 Å². The van der Waals surface area contributed by atoms with Gasteiger partial charge in [-0.25, -0.2) is 0 Å². The number of halogens is 3. The molecule has 0 saturated heterocycles. The van der Waals surface area contributed by atoms with Crippen molar-refractivity contribution >= 4 is 5.91 Å². The van der Waals surface area contributed by atoms with Gasteiger partial charge in [-0.3, -0.25) is 4.79 Å². The lowest BCUT2D eigenvalue weighted by atomic mass is 9.90. The first kappa shape index (κ1) is 20.6. The van der Waals surface area contributed by atoms with Crippen molar-refractivity contribution in [3.8, 4) is 0 Å². The standard InChI is InChI=1S/C23H20F3NO2/c24-23(25,26)19-13-11-16(12-14-19)20(28)15-27-22(29)21(17-7-3-1-4-8-17)18-9-5-2-6-10-18/h1-14,20-21,28H,15H2,(H,27,29)/t20-/m1/s1. The number of benzene rings is 3. The van der Waals surface area contributed by atoms with E-state index in [0.717, 1.165) is 23.3 Å². The predicted octanol–water partition coefficient (Wildman–Crippen LogP) is 4.69. The zero-order valence-electron chi connectivity index (χ0n) is 15.4. The molecule has 3 rings (SSSR count). The van der Waals surface area contributed by atoms with Gasteiger partial charge in [0.15, 0.2) is 0 Å². The van der Waals surface area contributed by atoms with Crippen LogP contribution in [-0.4, -0.2) is 17.6 Å². The Bertz CT molecular complexity index is 886. The smallest absolute Gasteiger partial charge is 0.387 e. The molecule has 0 bridgehead atoms. The van der Waals surface area contributed by atoms with Crippen molar-refractivity contribution in [2.24, 2.45) is 0 Å². The van der Waals surface area contributed by atoms with Crippen LogP contribution in [0.5, 0.6) is 0 Å². The Labute approximate surface area is 166 Å². The van der Waals surface area contributed by atoms with Gasteiger partial charge >= 0.3 is 6.18 Å². The summed E-state index contributed by atoms with van der Waals surface area (Å²) in [7, 11) is 0. The monoisotopic (exact) mass is 399 g/mol. The Morgan fingerprint density at radius 2 is 1.28 bits per heavy atom. The molecule has 2 N–H and O–H groups in total. The third kappa shape index (κ3) is 5.23. The number of aliphatic hydroxyl groups excluding tert-OH is 1. The molecule has 1 amide bonds. The molecular formula is C23H20F3NO2. The first-order valence-corrected chi connectivity index (χ1v) is 9.09. The van der Waals surface area contributed by atoms with E-state index < -0.39 is 23.8 Å². The molecule has 0 aliphatic rings. The van der Waals surface area contributed by atoms with Gasteiger partial charge in [-0.05, 0) is 28.8 Å². The van der Waals surface area contributed by atoms with Crippen molar-refractivity contribution < 1.29 is 23.1 Å². The van der Waals surface area contributed by atoms with Crippen molar-refractivity contribution in [2.75, 3.05) is 6.54 Å². The SMILES string of the molecule is O=C(NC[C@@H](O)c1ccc(C(F)(F)F)cc1)C(c1ccccc1)c1ccccc1. The minimum absolute atomic E-state index is 0.111. The molecule has 0 fully saturated rings. The van der Waals surface area contributed by atoms with Crippen LogP contribution in [0, 0.1) is 0 Å². The maximum Gasteiger partial charge on any atom is 0.416 e. The fourth-order valence-corrected chi connectivity index (χ4v) is 3.10. The zero-order chi connectivity index (χ0) is 20.9. The van der Waals surface area contributed by atoms with E-state index in [0.29, 0.717) is 5.56 Å². The third-order valence-corrected chi connectivity index (χ3v) is 4.62. The number of aliphatic hydroxyl groups is 1. The third-order valence-electron chi connectivity index (χ3n) is 4.62.